The van der Waals surface area contributed by atoms with Crippen LogP contribution < -0.4 is 10.6 Å². The summed E-state index contributed by atoms with van der Waals surface area (Å²) >= 11 is 6.16. The first-order chi connectivity index (χ1) is 14.3. The fraction of sp³-hybridized carbons (Fsp3) is 0.381. The molecule has 2 aromatic carbocycles. The van der Waals surface area contributed by atoms with Gasteiger partial charge in [-0.3, -0.25) is 0 Å². The van der Waals surface area contributed by atoms with Crippen molar-refractivity contribution in [3.8, 4) is 0 Å². The second kappa shape index (κ2) is 8.45. The molecule has 2 aromatic rings. The van der Waals surface area contributed by atoms with Gasteiger partial charge < -0.3 is 20.3 Å². The molecule has 1 unspecified atom stereocenters. The van der Waals surface area contributed by atoms with Gasteiger partial charge in [-0.2, -0.15) is 13.2 Å². The average molecular weight is 439 g/mol. The Morgan fingerprint density at radius 3 is 2.77 bits per heavy atom. The molecule has 0 spiro atoms. The van der Waals surface area contributed by atoms with Gasteiger partial charge >= 0.3 is 6.18 Å². The minimum Gasteiger partial charge on any atom is -0.385 e. The van der Waals surface area contributed by atoms with E-state index in [9.17, 15) is 13.2 Å². The van der Waals surface area contributed by atoms with E-state index < -0.39 is 11.7 Å². The smallest absolute Gasteiger partial charge is 0.385 e. The number of rotatable bonds is 3. The lowest BCUT2D eigenvalue weighted by Crippen LogP contribution is -2.53. The van der Waals surface area contributed by atoms with E-state index in [1.807, 2.05) is 4.90 Å². The molecule has 2 aliphatic rings. The zero-order valence-electron chi connectivity index (χ0n) is 16.4. The van der Waals surface area contributed by atoms with Crippen LogP contribution in [0.4, 0.5) is 30.2 Å². The number of fused-ring (bicyclic) bond motifs is 2. The second-order valence-electron chi connectivity index (χ2n) is 7.36. The first kappa shape index (κ1) is 21.0. The monoisotopic (exact) mass is 438 g/mol. The zero-order chi connectivity index (χ0) is 21.3. The summed E-state index contributed by atoms with van der Waals surface area (Å²) < 4.78 is 45.5. The third kappa shape index (κ3) is 4.40. The van der Waals surface area contributed by atoms with Crippen LogP contribution in [0.3, 0.4) is 0 Å². The third-order valence-electron chi connectivity index (χ3n) is 5.27. The Balaban J connectivity index is 1.79. The van der Waals surface area contributed by atoms with Crippen LogP contribution in [-0.4, -0.2) is 50.1 Å². The number of hydrogen-bond donors (Lipinski definition) is 2. The first-order valence-electron chi connectivity index (χ1n) is 9.69. The number of piperazine rings is 1. The number of halogens is 4. The standard InChI is InChI=1S/C21H22ClF3N4O/c1-30-9-6-15-12-29(8-7-26-15)20-16-10-13(21(23,24)25)2-4-17(16)27-18-5-3-14(22)11-19(18)28-20/h2-5,10-11,15,26-27H,6-9,12H2,1H3. The maximum Gasteiger partial charge on any atom is 0.416 e. The molecule has 0 amide bonds. The normalized spacial score (nSPS) is 18.8. The van der Waals surface area contributed by atoms with Crippen molar-refractivity contribution in [1.29, 1.82) is 0 Å². The van der Waals surface area contributed by atoms with Gasteiger partial charge in [0.05, 0.1) is 16.9 Å². The van der Waals surface area contributed by atoms with E-state index in [1.165, 1.54) is 12.1 Å². The molecule has 5 nitrogen and oxygen atoms in total. The molecule has 1 atom stereocenters. The third-order valence-corrected chi connectivity index (χ3v) is 5.50. The molecule has 1 fully saturated rings. The lowest BCUT2D eigenvalue weighted by molar-refractivity contribution is -0.137. The van der Waals surface area contributed by atoms with Crippen LogP contribution in [0.25, 0.3) is 0 Å². The van der Waals surface area contributed by atoms with Crippen molar-refractivity contribution >= 4 is 34.5 Å². The molecule has 0 saturated carbocycles. The van der Waals surface area contributed by atoms with Crippen LogP contribution in [0.15, 0.2) is 41.4 Å². The topological polar surface area (TPSA) is 48.9 Å². The molecule has 1 saturated heterocycles. The minimum atomic E-state index is -4.44. The lowest BCUT2D eigenvalue weighted by atomic mass is 10.0. The molecule has 0 aliphatic carbocycles. The molecule has 2 heterocycles. The zero-order valence-corrected chi connectivity index (χ0v) is 17.1. The summed E-state index contributed by atoms with van der Waals surface area (Å²) in [6.45, 7) is 2.56. The van der Waals surface area contributed by atoms with E-state index in [1.54, 1.807) is 25.3 Å². The van der Waals surface area contributed by atoms with E-state index >= 15 is 0 Å². The summed E-state index contributed by atoms with van der Waals surface area (Å²) in [5.41, 5.74) is 1.58. The van der Waals surface area contributed by atoms with Crippen molar-refractivity contribution in [2.45, 2.75) is 18.6 Å². The van der Waals surface area contributed by atoms with Crippen LogP contribution in [0.2, 0.25) is 5.02 Å². The Bertz CT molecular complexity index is 964. The number of amidine groups is 1. The maximum atomic E-state index is 13.4. The van der Waals surface area contributed by atoms with Crippen molar-refractivity contribution in [2.24, 2.45) is 4.99 Å². The summed E-state index contributed by atoms with van der Waals surface area (Å²) in [4.78, 5) is 6.81. The Hall–Kier alpha value is -2.29. The quantitative estimate of drug-likeness (QED) is 0.722. The first-order valence-corrected chi connectivity index (χ1v) is 10.1. The predicted octanol–water partition coefficient (Wildman–Crippen LogP) is 4.80. The Kier molecular flexibility index (Phi) is 5.90. The van der Waals surface area contributed by atoms with Crippen LogP contribution in [-0.2, 0) is 10.9 Å². The largest absolute Gasteiger partial charge is 0.416 e. The second-order valence-corrected chi connectivity index (χ2v) is 7.79. The SMILES string of the molecule is COCCC1CN(C2=Nc3cc(Cl)ccc3Nc3ccc(C(F)(F)F)cc32)CCN1. The average Bonchev–Trinajstić information content (AvgIpc) is 2.87. The molecule has 0 bridgehead atoms. The fourth-order valence-corrected chi connectivity index (χ4v) is 3.92. The van der Waals surface area contributed by atoms with Gasteiger partial charge in [0.2, 0.25) is 0 Å². The molecule has 160 valence electrons. The van der Waals surface area contributed by atoms with Gasteiger partial charge in [-0.15, -0.1) is 0 Å². The maximum absolute atomic E-state index is 13.4. The summed E-state index contributed by atoms with van der Waals surface area (Å²) in [6.07, 6.45) is -3.64. The van der Waals surface area contributed by atoms with Gasteiger partial charge in [-0.1, -0.05) is 11.6 Å². The summed E-state index contributed by atoms with van der Waals surface area (Å²) in [6, 6.07) is 9.09. The van der Waals surface area contributed by atoms with E-state index in [4.69, 9.17) is 21.3 Å². The van der Waals surface area contributed by atoms with Crippen LogP contribution in [0, 0.1) is 0 Å². The number of aliphatic imine (C=N–C) groups is 1. The molecular weight excluding hydrogens is 417 g/mol. The highest BCUT2D eigenvalue weighted by atomic mass is 35.5. The highest BCUT2D eigenvalue weighted by molar-refractivity contribution is 6.31. The van der Waals surface area contributed by atoms with E-state index in [0.29, 0.717) is 59.7 Å². The van der Waals surface area contributed by atoms with Gasteiger partial charge in [0.1, 0.15) is 5.84 Å². The Labute approximate surface area is 177 Å². The van der Waals surface area contributed by atoms with Crippen LogP contribution in [0.5, 0.6) is 0 Å². The van der Waals surface area contributed by atoms with Gasteiger partial charge in [0, 0.05) is 55.7 Å². The molecule has 9 heteroatoms. The van der Waals surface area contributed by atoms with Crippen LogP contribution in [0.1, 0.15) is 17.5 Å². The number of nitrogens with one attached hydrogen (secondary N) is 2. The molecule has 4 rings (SSSR count). The highest BCUT2D eigenvalue weighted by Crippen LogP contribution is 2.39. The number of nitrogens with zero attached hydrogens (tertiary/aromatic N) is 2. The van der Waals surface area contributed by atoms with Crippen LogP contribution >= 0.6 is 11.6 Å². The van der Waals surface area contributed by atoms with Crippen molar-refractivity contribution in [2.75, 3.05) is 38.7 Å². The lowest BCUT2D eigenvalue weighted by Gasteiger charge is -2.36. The number of hydrogen-bond acceptors (Lipinski definition) is 5. The number of ether oxygens (including phenoxy) is 1. The van der Waals surface area contributed by atoms with Crippen molar-refractivity contribution < 1.29 is 17.9 Å². The van der Waals surface area contributed by atoms with Gasteiger partial charge in [0.15, 0.2) is 0 Å². The van der Waals surface area contributed by atoms with E-state index in [0.717, 1.165) is 12.5 Å². The number of anilines is 2. The van der Waals surface area contributed by atoms with E-state index in [-0.39, 0.29) is 6.04 Å². The molecule has 30 heavy (non-hydrogen) atoms. The van der Waals surface area contributed by atoms with E-state index in [2.05, 4.69) is 10.6 Å². The summed E-state index contributed by atoms with van der Waals surface area (Å²) in [5, 5.41) is 7.17. The summed E-state index contributed by atoms with van der Waals surface area (Å²) in [5.74, 6) is 0.508. The number of methoxy groups -OCH3 is 1. The predicted molar refractivity (Wildman–Crippen MR) is 112 cm³/mol. The molecule has 2 N–H and O–H groups in total. The Morgan fingerprint density at radius 1 is 1.20 bits per heavy atom. The Morgan fingerprint density at radius 2 is 2.00 bits per heavy atom. The highest BCUT2D eigenvalue weighted by Gasteiger charge is 2.33. The van der Waals surface area contributed by atoms with Crippen molar-refractivity contribution in [1.82, 2.24) is 10.2 Å². The van der Waals surface area contributed by atoms with Gasteiger partial charge in [-0.05, 0) is 42.8 Å². The van der Waals surface area contributed by atoms with Crippen molar-refractivity contribution in [3.05, 3.63) is 52.5 Å². The molecule has 0 radical (unpaired) electrons. The molecule has 2 aliphatic heterocycles. The van der Waals surface area contributed by atoms with Gasteiger partial charge in [0.25, 0.3) is 0 Å². The molecule has 0 aromatic heterocycles. The summed E-state index contributed by atoms with van der Waals surface area (Å²) in [7, 11) is 1.65. The number of benzene rings is 2. The number of alkyl halides is 3. The van der Waals surface area contributed by atoms with Gasteiger partial charge in [-0.25, -0.2) is 4.99 Å². The minimum absolute atomic E-state index is 0.158. The van der Waals surface area contributed by atoms with Crippen molar-refractivity contribution in [3.63, 3.8) is 0 Å². The molecular formula is C21H22ClF3N4O. The fourth-order valence-electron chi connectivity index (χ4n) is 3.75.